The minimum Gasteiger partial charge on any atom is -0.463 e. The molecule has 1 aliphatic rings. The highest BCUT2D eigenvalue weighted by molar-refractivity contribution is 5.81. The van der Waals surface area contributed by atoms with E-state index in [-0.39, 0.29) is 11.4 Å². The average molecular weight is 222 g/mol. The highest BCUT2D eigenvalue weighted by atomic mass is 16.5. The number of hydrogen-bond acceptors (Lipinski definition) is 2. The van der Waals surface area contributed by atoms with Crippen LogP contribution in [-0.2, 0) is 9.53 Å². The molecule has 2 heteroatoms. The van der Waals surface area contributed by atoms with E-state index in [0.717, 1.165) is 12.8 Å². The molecule has 0 spiro atoms. The number of carbonyl (C=O) groups is 1. The van der Waals surface area contributed by atoms with Crippen LogP contribution in [0.25, 0.3) is 0 Å². The second-order valence-corrected chi connectivity index (χ2v) is 4.93. The Morgan fingerprint density at radius 2 is 2.31 bits per heavy atom. The fraction of sp³-hybridized carbons (Fsp3) is 0.643. The molecule has 90 valence electrons. The predicted molar refractivity (Wildman–Crippen MR) is 66.0 cm³/mol. The second kappa shape index (κ2) is 5.33. The lowest BCUT2D eigenvalue weighted by atomic mass is 9.76. The van der Waals surface area contributed by atoms with Crippen molar-refractivity contribution in [1.29, 1.82) is 0 Å². The molecule has 16 heavy (non-hydrogen) atoms. The maximum atomic E-state index is 11.1. The third-order valence-electron chi connectivity index (χ3n) is 3.71. The summed E-state index contributed by atoms with van der Waals surface area (Å²) in [6.45, 7) is 9.00. The van der Waals surface area contributed by atoms with Gasteiger partial charge in [-0.15, -0.1) is 0 Å². The number of hydrogen-bond donors (Lipinski definition) is 0. The van der Waals surface area contributed by atoms with Crippen LogP contribution in [0.5, 0.6) is 0 Å². The second-order valence-electron chi connectivity index (χ2n) is 4.93. The van der Waals surface area contributed by atoms with Gasteiger partial charge in [-0.1, -0.05) is 31.6 Å². The summed E-state index contributed by atoms with van der Waals surface area (Å²) in [7, 11) is 0. The Balaban J connectivity index is 2.43. The number of allylic oxidation sites excluding steroid dienone is 3. The molecule has 0 heterocycles. The first kappa shape index (κ1) is 13.0. The van der Waals surface area contributed by atoms with Crippen molar-refractivity contribution in [2.45, 2.75) is 40.5 Å². The van der Waals surface area contributed by atoms with Gasteiger partial charge in [0, 0.05) is 6.08 Å². The maximum absolute atomic E-state index is 11.1. The van der Waals surface area contributed by atoms with E-state index in [2.05, 4.69) is 26.8 Å². The maximum Gasteiger partial charge on any atom is 0.330 e. The van der Waals surface area contributed by atoms with E-state index in [9.17, 15) is 4.79 Å². The fourth-order valence-electron chi connectivity index (χ4n) is 2.11. The van der Waals surface area contributed by atoms with Crippen LogP contribution in [0, 0.1) is 11.3 Å². The molecule has 0 saturated carbocycles. The molecule has 1 rings (SSSR count). The van der Waals surface area contributed by atoms with Crippen molar-refractivity contribution in [1.82, 2.24) is 0 Å². The first-order chi connectivity index (χ1) is 7.48. The lowest BCUT2D eigenvalue weighted by Crippen LogP contribution is -2.19. The van der Waals surface area contributed by atoms with Crippen molar-refractivity contribution < 1.29 is 9.53 Å². The third-order valence-corrected chi connectivity index (χ3v) is 3.71. The van der Waals surface area contributed by atoms with Crippen LogP contribution >= 0.6 is 0 Å². The third kappa shape index (κ3) is 2.97. The standard InChI is InChI=1S/C14H22O2/c1-5-16-13(15)8-6-7-12-10-9-11(2)14(12,3)4/h6,8-9,12H,5,7,10H2,1-4H3/b8-6+. The predicted octanol–water partition coefficient (Wildman–Crippen LogP) is 3.49. The summed E-state index contributed by atoms with van der Waals surface area (Å²) in [6, 6.07) is 0. The summed E-state index contributed by atoms with van der Waals surface area (Å²) in [5.74, 6) is 0.376. The zero-order valence-electron chi connectivity index (χ0n) is 10.7. The fourth-order valence-corrected chi connectivity index (χ4v) is 2.11. The van der Waals surface area contributed by atoms with Gasteiger partial charge in [0.15, 0.2) is 0 Å². The van der Waals surface area contributed by atoms with Gasteiger partial charge in [-0.3, -0.25) is 0 Å². The minimum absolute atomic E-state index is 0.233. The van der Waals surface area contributed by atoms with Crippen molar-refractivity contribution in [2.75, 3.05) is 6.61 Å². The topological polar surface area (TPSA) is 26.3 Å². The van der Waals surface area contributed by atoms with E-state index in [1.807, 2.05) is 13.0 Å². The molecule has 0 aromatic heterocycles. The Kier molecular flexibility index (Phi) is 4.34. The van der Waals surface area contributed by atoms with Crippen molar-refractivity contribution in [2.24, 2.45) is 11.3 Å². The van der Waals surface area contributed by atoms with Crippen LogP contribution in [0.1, 0.15) is 40.5 Å². The molecule has 0 saturated heterocycles. The van der Waals surface area contributed by atoms with E-state index < -0.39 is 0 Å². The van der Waals surface area contributed by atoms with Crippen LogP contribution in [-0.4, -0.2) is 12.6 Å². The largest absolute Gasteiger partial charge is 0.463 e. The van der Waals surface area contributed by atoms with E-state index in [0.29, 0.717) is 12.5 Å². The Morgan fingerprint density at radius 1 is 1.62 bits per heavy atom. The van der Waals surface area contributed by atoms with Crippen LogP contribution < -0.4 is 0 Å². The monoisotopic (exact) mass is 222 g/mol. The average Bonchev–Trinajstić information content (AvgIpc) is 2.45. The molecule has 1 aliphatic carbocycles. The summed E-state index contributed by atoms with van der Waals surface area (Å²) in [5.41, 5.74) is 1.72. The molecule has 0 bridgehead atoms. The lowest BCUT2D eigenvalue weighted by Gasteiger charge is -2.28. The first-order valence-electron chi connectivity index (χ1n) is 5.99. The zero-order valence-corrected chi connectivity index (χ0v) is 10.7. The van der Waals surface area contributed by atoms with Crippen molar-refractivity contribution in [3.63, 3.8) is 0 Å². The number of carbonyl (C=O) groups excluding carboxylic acids is 1. The normalized spacial score (nSPS) is 23.5. The Hall–Kier alpha value is -1.05. The van der Waals surface area contributed by atoms with Gasteiger partial charge < -0.3 is 4.74 Å². The molecule has 0 radical (unpaired) electrons. The zero-order chi connectivity index (χ0) is 12.2. The molecule has 0 aromatic carbocycles. The minimum atomic E-state index is -0.233. The highest BCUT2D eigenvalue weighted by Gasteiger charge is 2.33. The molecule has 2 nitrogen and oxygen atoms in total. The van der Waals surface area contributed by atoms with E-state index in [1.165, 1.54) is 5.57 Å². The molecular weight excluding hydrogens is 200 g/mol. The molecule has 0 aromatic rings. The number of rotatable bonds is 4. The number of ether oxygens (including phenoxy) is 1. The Bertz CT molecular complexity index is 311. The summed E-state index contributed by atoms with van der Waals surface area (Å²) in [4.78, 5) is 11.1. The van der Waals surface area contributed by atoms with Crippen molar-refractivity contribution in [3.8, 4) is 0 Å². The van der Waals surface area contributed by atoms with Crippen LogP contribution in [0.2, 0.25) is 0 Å². The van der Waals surface area contributed by atoms with Crippen LogP contribution in [0.15, 0.2) is 23.8 Å². The quantitative estimate of drug-likeness (QED) is 0.413. The van der Waals surface area contributed by atoms with Gasteiger partial charge in [-0.2, -0.15) is 0 Å². The van der Waals surface area contributed by atoms with Crippen LogP contribution in [0.3, 0.4) is 0 Å². The van der Waals surface area contributed by atoms with Gasteiger partial charge in [0.2, 0.25) is 0 Å². The first-order valence-corrected chi connectivity index (χ1v) is 5.99. The smallest absolute Gasteiger partial charge is 0.330 e. The number of esters is 1. The van der Waals surface area contributed by atoms with E-state index in [1.54, 1.807) is 6.08 Å². The lowest BCUT2D eigenvalue weighted by molar-refractivity contribution is -0.137. The summed E-state index contributed by atoms with van der Waals surface area (Å²) in [5, 5.41) is 0. The van der Waals surface area contributed by atoms with E-state index in [4.69, 9.17) is 4.74 Å². The highest BCUT2D eigenvalue weighted by Crippen LogP contribution is 2.44. The van der Waals surface area contributed by atoms with Crippen LogP contribution in [0.4, 0.5) is 0 Å². The molecule has 0 aliphatic heterocycles. The SMILES string of the molecule is CCOC(=O)/C=C/CC1CC=C(C)C1(C)C. The van der Waals surface area contributed by atoms with Gasteiger partial charge in [0.25, 0.3) is 0 Å². The van der Waals surface area contributed by atoms with Crippen molar-refractivity contribution in [3.05, 3.63) is 23.8 Å². The molecular formula is C14H22O2. The van der Waals surface area contributed by atoms with Gasteiger partial charge in [-0.25, -0.2) is 4.79 Å². The molecule has 1 unspecified atom stereocenters. The molecule has 1 atom stereocenters. The molecule has 0 fully saturated rings. The molecule has 0 amide bonds. The Labute approximate surface area is 98.4 Å². The van der Waals surface area contributed by atoms with Gasteiger partial charge in [0.1, 0.15) is 0 Å². The summed E-state index contributed by atoms with van der Waals surface area (Å²) >= 11 is 0. The molecule has 0 N–H and O–H groups in total. The van der Waals surface area contributed by atoms with Gasteiger partial charge >= 0.3 is 5.97 Å². The summed E-state index contributed by atoms with van der Waals surface area (Å²) < 4.78 is 4.84. The van der Waals surface area contributed by atoms with Gasteiger partial charge in [0.05, 0.1) is 6.61 Å². The van der Waals surface area contributed by atoms with Gasteiger partial charge in [-0.05, 0) is 38.0 Å². The Morgan fingerprint density at radius 3 is 2.81 bits per heavy atom. The van der Waals surface area contributed by atoms with E-state index >= 15 is 0 Å². The van der Waals surface area contributed by atoms with Crippen molar-refractivity contribution >= 4 is 5.97 Å². The summed E-state index contributed by atoms with van der Waals surface area (Å²) in [6.07, 6.45) is 7.86.